The van der Waals surface area contributed by atoms with Crippen molar-refractivity contribution < 1.29 is 4.79 Å². The van der Waals surface area contributed by atoms with Gasteiger partial charge in [-0.25, -0.2) is 0 Å². The van der Waals surface area contributed by atoms with Crippen molar-refractivity contribution >= 4 is 32.4 Å². The molecular weight excluding hydrogens is 218 g/mol. The lowest BCUT2D eigenvalue weighted by atomic mass is 10.1. The molecule has 1 aliphatic heterocycles. The first-order chi connectivity index (χ1) is 5.81. The normalized spacial score (nSPS) is 13.2. The van der Waals surface area contributed by atoms with E-state index in [1.54, 1.807) is 18.3 Å². The molecule has 1 aromatic carbocycles. The molecule has 2 nitrogen and oxygen atoms in total. The average Bonchev–Trinajstić information content (AvgIpc) is 2.47. The van der Waals surface area contributed by atoms with Gasteiger partial charge in [-0.2, -0.15) is 0 Å². The summed E-state index contributed by atoms with van der Waals surface area (Å²) in [6, 6.07) is 5.44. The molecule has 2 rings (SSSR count). The Kier molecular flexibility index (Phi) is 1.73. The van der Waals surface area contributed by atoms with Gasteiger partial charge in [0.1, 0.15) is 6.29 Å². The molecule has 0 fully saturated rings. The summed E-state index contributed by atoms with van der Waals surface area (Å²) in [5.74, 6) is 0. The second-order valence-corrected chi connectivity index (χ2v) is 3.35. The lowest BCUT2D eigenvalue weighted by Gasteiger charge is -1.98. The molecule has 0 amide bonds. The maximum atomic E-state index is 10.4. The van der Waals surface area contributed by atoms with Crippen LogP contribution in [0.25, 0.3) is 4.48 Å². The van der Waals surface area contributed by atoms with Crippen LogP contribution in [0.1, 0.15) is 15.9 Å². The Morgan fingerprint density at radius 2 is 2.25 bits per heavy atom. The molecule has 0 bridgehead atoms. The van der Waals surface area contributed by atoms with Crippen molar-refractivity contribution in [3.8, 4) is 0 Å². The minimum Gasteiger partial charge on any atom is -0.298 e. The Bertz CT molecular complexity index is 371. The zero-order chi connectivity index (χ0) is 8.55. The Morgan fingerprint density at radius 3 is 3.00 bits per heavy atom. The van der Waals surface area contributed by atoms with Gasteiger partial charge in [0.05, 0.1) is 5.69 Å². The maximum Gasteiger partial charge on any atom is 0.150 e. The summed E-state index contributed by atoms with van der Waals surface area (Å²) >= 11 is 3.36. The number of fused-ring (bicyclic) bond motifs is 1. The summed E-state index contributed by atoms with van der Waals surface area (Å²) < 4.78 is 0.968. The molecule has 0 saturated carbocycles. The fraction of sp³-hybridized carbons (Fsp3) is 0. The molecule has 0 spiro atoms. The number of hydrogen-bond acceptors (Lipinski definition) is 1. The van der Waals surface area contributed by atoms with Crippen LogP contribution in [0.15, 0.2) is 24.4 Å². The van der Waals surface area contributed by atoms with Crippen molar-refractivity contribution in [3.63, 3.8) is 0 Å². The topological polar surface area (TPSA) is 31.2 Å². The molecule has 0 aromatic heterocycles. The van der Waals surface area contributed by atoms with Crippen LogP contribution in [-0.4, -0.2) is 6.29 Å². The zero-order valence-electron chi connectivity index (χ0n) is 6.12. The van der Waals surface area contributed by atoms with E-state index in [2.05, 4.69) is 21.2 Å². The third-order valence-electron chi connectivity index (χ3n) is 1.73. The number of carbonyl (C=O) groups is 1. The molecule has 3 heteroatoms. The highest BCUT2D eigenvalue weighted by molar-refractivity contribution is 9.15. The van der Waals surface area contributed by atoms with Crippen molar-refractivity contribution in [2.24, 2.45) is 0 Å². The number of benzene rings is 1. The third kappa shape index (κ3) is 1.06. The second-order valence-electron chi connectivity index (χ2n) is 2.50. The number of nitrogens with zero attached hydrogens (tertiary/aromatic N) is 1. The van der Waals surface area contributed by atoms with E-state index in [1.165, 1.54) is 0 Å². The van der Waals surface area contributed by atoms with Gasteiger partial charge in [0, 0.05) is 21.8 Å². The summed E-state index contributed by atoms with van der Waals surface area (Å²) in [4.78, 5) is 10.4. The van der Waals surface area contributed by atoms with Crippen LogP contribution < -0.4 is 5.32 Å². The lowest BCUT2D eigenvalue weighted by Crippen LogP contribution is -1.85. The first kappa shape index (κ1) is 7.55. The Hall–Kier alpha value is -1.09. The number of carbonyl (C=O) groups excluding carboxylic acids is 1. The van der Waals surface area contributed by atoms with E-state index in [4.69, 9.17) is 0 Å². The van der Waals surface area contributed by atoms with Crippen LogP contribution in [0.4, 0.5) is 5.69 Å². The predicted molar refractivity (Wildman–Crippen MR) is 50.5 cm³/mol. The van der Waals surface area contributed by atoms with Gasteiger partial charge in [-0.3, -0.25) is 10.1 Å². The van der Waals surface area contributed by atoms with Gasteiger partial charge in [-0.15, -0.1) is 0 Å². The molecule has 1 aliphatic rings. The van der Waals surface area contributed by atoms with E-state index in [0.29, 0.717) is 5.56 Å². The van der Waals surface area contributed by atoms with Crippen molar-refractivity contribution in [3.05, 3.63) is 35.5 Å². The van der Waals surface area contributed by atoms with Gasteiger partial charge in [0.25, 0.3) is 0 Å². The van der Waals surface area contributed by atoms with Gasteiger partial charge in [-0.1, -0.05) is 12.1 Å². The molecule has 59 valence electrons. The predicted octanol–water partition coefficient (Wildman–Crippen LogP) is 2.44. The van der Waals surface area contributed by atoms with Crippen LogP contribution >= 0.6 is 15.9 Å². The Morgan fingerprint density at radius 1 is 1.42 bits per heavy atom. The van der Waals surface area contributed by atoms with Gasteiger partial charge >= 0.3 is 0 Å². The van der Waals surface area contributed by atoms with E-state index in [0.717, 1.165) is 22.0 Å². The SMILES string of the molecule is O=Cc1ccc2c(c1)[N]C=C2Br. The summed E-state index contributed by atoms with van der Waals surface area (Å²) in [6.45, 7) is 0. The highest BCUT2D eigenvalue weighted by Crippen LogP contribution is 2.34. The summed E-state index contributed by atoms with van der Waals surface area (Å²) in [6.07, 6.45) is 2.56. The Balaban J connectivity index is 2.53. The van der Waals surface area contributed by atoms with E-state index in [9.17, 15) is 4.79 Å². The smallest absolute Gasteiger partial charge is 0.150 e. The second kappa shape index (κ2) is 2.75. The van der Waals surface area contributed by atoms with Crippen LogP contribution in [0.3, 0.4) is 0 Å². The Labute approximate surface area is 78.4 Å². The quantitative estimate of drug-likeness (QED) is 0.672. The number of aldehydes is 1. The lowest BCUT2D eigenvalue weighted by molar-refractivity contribution is 0.112. The van der Waals surface area contributed by atoms with Crippen LogP contribution in [0.5, 0.6) is 0 Å². The number of hydrogen-bond donors (Lipinski definition) is 0. The van der Waals surface area contributed by atoms with Crippen molar-refractivity contribution in [2.75, 3.05) is 0 Å². The first-order valence-electron chi connectivity index (χ1n) is 3.47. The van der Waals surface area contributed by atoms with E-state index in [1.807, 2.05) is 6.07 Å². The molecule has 0 saturated heterocycles. The fourth-order valence-corrected chi connectivity index (χ4v) is 1.56. The molecule has 1 radical (unpaired) electrons. The van der Waals surface area contributed by atoms with Crippen molar-refractivity contribution in [2.45, 2.75) is 0 Å². The third-order valence-corrected chi connectivity index (χ3v) is 2.36. The molecule has 0 N–H and O–H groups in total. The van der Waals surface area contributed by atoms with Crippen LogP contribution in [0.2, 0.25) is 0 Å². The van der Waals surface area contributed by atoms with Gasteiger partial charge in [-0.05, 0) is 22.0 Å². The highest BCUT2D eigenvalue weighted by atomic mass is 79.9. The fourth-order valence-electron chi connectivity index (χ4n) is 1.13. The highest BCUT2D eigenvalue weighted by Gasteiger charge is 2.12. The van der Waals surface area contributed by atoms with Crippen LogP contribution in [-0.2, 0) is 0 Å². The minimum absolute atomic E-state index is 0.660. The molecular formula is C9H5BrNO. The number of rotatable bonds is 1. The molecule has 1 aromatic rings. The van der Waals surface area contributed by atoms with Gasteiger partial charge < -0.3 is 0 Å². The monoisotopic (exact) mass is 222 g/mol. The van der Waals surface area contributed by atoms with Crippen LogP contribution in [0, 0.1) is 0 Å². The maximum absolute atomic E-state index is 10.4. The van der Waals surface area contributed by atoms with Crippen molar-refractivity contribution in [1.29, 1.82) is 0 Å². The molecule has 12 heavy (non-hydrogen) atoms. The zero-order valence-corrected chi connectivity index (χ0v) is 7.71. The van der Waals surface area contributed by atoms with E-state index in [-0.39, 0.29) is 0 Å². The average molecular weight is 223 g/mol. The van der Waals surface area contributed by atoms with E-state index >= 15 is 0 Å². The number of halogens is 1. The van der Waals surface area contributed by atoms with E-state index < -0.39 is 0 Å². The first-order valence-corrected chi connectivity index (χ1v) is 4.26. The standard InChI is InChI=1S/C9H5BrNO/c10-8-4-11-9-3-6(5-12)1-2-7(8)9/h1-5H. The summed E-state index contributed by atoms with van der Waals surface area (Å²) in [5, 5.41) is 4.12. The minimum atomic E-state index is 0.660. The van der Waals surface area contributed by atoms with Crippen molar-refractivity contribution in [1.82, 2.24) is 5.32 Å². The summed E-state index contributed by atoms with van der Waals surface area (Å²) in [5.41, 5.74) is 2.56. The molecule has 0 unspecified atom stereocenters. The summed E-state index contributed by atoms with van der Waals surface area (Å²) in [7, 11) is 0. The van der Waals surface area contributed by atoms with Gasteiger partial charge in [0.2, 0.25) is 0 Å². The van der Waals surface area contributed by atoms with Gasteiger partial charge in [0.15, 0.2) is 0 Å². The molecule has 1 heterocycles. The molecule has 0 atom stereocenters. The molecule has 0 aliphatic carbocycles. The largest absolute Gasteiger partial charge is 0.298 e.